The van der Waals surface area contributed by atoms with Crippen LogP contribution in [0.15, 0.2) is 47.5 Å². The van der Waals surface area contributed by atoms with Crippen LogP contribution in [-0.4, -0.2) is 4.98 Å². The van der Waals surface area contributed by atoms with Gasteiger partial charge < -0.3 is 5.73 Å². The van der Waals surface area contributed by atoms with Gasteiger partial charge in [-0.2, -0.15) is 0 Å². The number of thioether (sulfide) groups is 1. The van der Waals surface area contributed by atoms with E-state index in [1.807, 2.05) is 30.3 Å². The lowest BCUT2D eigenvalue weighted by Gasteiger charge is -2.06. The molecule has 0 bridgehead atoms. The Kier molecular flexibility index (Phi) is 4.42. The van der Waals surface area contributed by atoms with Crippen LogP contribution in [0.5, 0.6) is 0 Å². The molecule has 0 amide bonds. The highest BCUT2D eigenvalue weighted by atomic mass is 35.5. The number of benzene rings is 1. The summed E-state index contributed by atoms with van der Waals surface area (Å²) in [5, 5.41) is 0.762. The van der Waals surface area contributed by atoms with Gasteiger partial charge in [0.05, 0.1) is 5.69 Å². The third-order valence-electron chi connectivity index (χ3n) is 2.39. The van der Waals surface area contributed by atoms with Gasteiger partial charge in [0.2, 0.25) is 0 Å². The van der Waals surface area contributed by atoms with E-state index in [4.69, 9.17) is 17.3 Å². The van der Waals surface area contributed by atoms with Crippen LogP contribution in [0, 0.1) is 0 Å². The lowest BCUT2D eigenvalue weighted by Crippen LogP contribution is -2.03. The Labute approximate surface area is 110 Å². The van der Waals surface area contributed by atoms with Crippen molar-refractivity contribution in [2.24, 2.45) is 5.73 Å². The molecule has 0 saturated carbocycles. The predicted octanol–water partition coefficient (Wildman–Crippen LogP) is 3.49. The highest BCUT2D eigenvalue weighted by molar-refractivity contribution is 7.98. The van der Waals surface area contributed by atoms with Crippen LogP contribution in [0.4, 0.5) is 0 Å². The molecule has 1 aromatic carbocycles. The molecule has 17 heavy (non-hydrogen) atoms. The molecule has 1 heterocycles. The molecule has 88 valence electrons. The quantitative estimate of drug-likeness (QED) is 0.860. The Morgan fingerprint density at radius 3 is 2.65 bits per heavy atom. The van der Waals surface area contributed by atoms with Crippen molar-refractivity contribution >= 4 is 23.4 Å². The minimum atomic E-state index is 0.483. The summed E-state index contributed by atoms with van der Waals surface area (Å²) < 4.78 is 0. The Hall–Kier alpha value is -1.03. The zero-order chi connectivity index (χ0) is 12.1. The number of pyridine rings is 1. The van der Waals surface area contributed by atoms with E-state index in [0.29, 0.717) is 6.54 Å². The first-order valence-electron chi connectivity index (χ1n) is 5.31. The Balaban J connectivity index is 2.04. The Morgan fingerprint density at radius 1 is 1.18 bits per heavy atom. The first-order chi connectivity index (χ1) is 8.29. The number of halogens is 1. The molecule has 0 radical (unpaired) electrons. The third-order valence-corrected chi connectivity index (χ3v) is 3.70. The molecule has 0 spiro atoms. The molecule has 0 aliphatic carbocycles. The summed E-state index contributed by atoms with van der Waals surface area (Å²) in [6.07, 6.45) is 1.78. The summed E-state index contributed by atoms with van der Waals surface area (Å²) in [7, 11) is 0. The number of hydrogen-bond acceptors (Lipinski definition) is 3. The number of nitrogens with zero attached hydrogens (tertiary/aromatic N) is 1. The average Bonchev–Trinajstić information content (AvgIpc) is 2.38. The molecule has 2 rings (SSSR count). The largest absolute Gasteiger partial charge is 0.325 e. The number of aromatic nitrogens is 1. The van der Waals surface area contributed by atoms with Gasteiger partial charge in [0.25, 0.3) is 0 Å². The van der Waals surface area contributed by atoms with Crippen LogP contribution < -0.4 is 5.73 Å². The molecular weight excluding hydrogens is 252 g/mol. The van der Waals surface area contributed by atoms with Gasteiger partial charge in [0.15, 0.2) is 0 Å². The van der Waals surface area contributed by atoms with Gasteiger partial charge in [-0.25, -0.2) is 0 Å². The van der Waals surface area contributed by atoms with E-state index >= 15 is 0 Å². The van der Waals surface area contributed by atoms with Crippen molar-refractivity contribution in [3.05, 3.63) is 58.9 Å². The monoisotopic (exact) mass is 264 g/mol. The Bertz CT molecular complexity index is 485. The van der Waals surface area contributed by atoms with E-state index in [2.05, 4.69) is 11.1 Å². The van der Waals surface area contributed by atoms with Crippen molar-refractivity contribution < 1.29 is 0 Å². The number of hydrogen-bond donors (Lipinski definition) is 1. The predicted molar refractivity (Wildman–Crippen MR) is 73.1 cm³/mol. The molecular formula is C13H13ClN2S. The molecule has 0 unspecified atom stereocenters. The van der Waals surface area contributed by atoms with Crippen LogP contribution in [0.1, 0.15) is 11.3 Å². The average molecular weight is 265 g/mol. The molecule has 4 heteroatoms. The summed E-state index contributed by atoms with van der Waals surface area (Å²) in [6.45, 7) is 0.483. The summed E-state index contributed by atoms with van der Waals surface area (Å²) in [5.41, 5.74) is 7.81. The molecule has 2 N–H and O–H groups in total. The first-order valence-corrected chi connectivity index (χ1v) is 6.67. The zero-order valence-corrected chi connectivity index (χ0v) is 10.8. The van der Waals surface area contributed by atoms with Crippen LogP contribution in [-0.2, 0) is 12.3 Å². The lowest BCUT2D eigenvalue weighted by molar-refractivity contribution is 0.964. The zero-order valence-electron chi connectivity index (χ0n) is 9.27. The molecule has 0 fully saturated rings. The second kappa shape index (κ2) is 6.05. The fraction of sp³-hybridized carbons (Fsp3) is 0.154. The standard InChI is InChI=1S/C13H13ClN2S/c14-11-3-5-12(6-4-11)17-9-10-2-1-7-16-13(10)8-15/h1-7H,8-9,15H2. The maximum absolute atomic E-state index is 5.84. The molecule has 0 atom stereocenters. The highest BCUT2D eigenvalue weighted by Crippen LogP contribution is 2.24. The van der Waals surface area contributed by atoms with Gasteiger partial charge in [-0.05, 0) is 35.9 Å². The van der Waals surface area contributed by atoms with Gasteiger partial charge in [-0.1, -0.05) is 17.7 Å². The molecule has 0 aliphatic rings. The molecule has 1 aromatic heterocycles. The van der Waals surface area contributed by atoms with E-state index in [0.717, 1.165) is 16.5 Å². The second-order valence-corrected chi connectivity index (χ2v) is 5.04. The van der Waals surface area contributed by atoms with Gasteiger partial charge in [-0.3, -0.25) is 4.98 Å². The van der Waals surface area contributed by atoms with Gasteiger partial charge in [-0.15, -0.1) is 11.8 Å². The molecule has 2 nitrogen and oxygen atoms in total. The van der Waals surface area contributed by atoms with Crippen LogP contribution in [0.3, 0.4) is 0 Å². The van der Waals surface area contributed by atoms with Crippen LogP contribution >= 0.6 is 23.4 Å². The van der Waals surface area contributed by atoms with E-state index < -0.39 is 0 Å². The van der Waals surface area contributed by atoms with E-state index in [-0.39, 0.29) is 0 Å². The van der Waals surface area contributed by atoms with Crippen molar-refractivity contribution in [2.75, 3.05) is 0 Å². The second-order valence-electron chi connectivity index (χ2n) is 3.56. The van der Waals surface area contributed by atoms with Crippen LogP contribution in [0.2, 0.25) is 5.02 Å². The van der Waals surface area contributed by atoms with Crippen molar-refractivity contribution in [1.82, 2.24) is 4.98 Å². The van der Waals surface area contributed by atoms with Gasteiger partial charge >= 0.3 is 0 Å². The molecule has 0 aliphatic heterocycles. The van der Waals surface area contributed by atoms with E-state index in [1.165, 1.54) is 10.5 Å². The summed E-state index contributed by atoms with van der Waals surface area (Å²) in [4.78, 5) is 5.46. The van der Waals surface area contributed by atoms with Gasteiger partial charge in [0, 0.05) is 28.4 Å². The summed E-state index contributed by atoms with van der Waals surface area (Å²) in [6, 6.07) is 11.8. The van der Waals surface area contributed by atoms with Crippen molar-refractivity contribution in [1.29, 1.82) is 0 Å². The minimum absolute atomic E-state index is 0.483. The van der Waals surface area contributed by atoms with E-state index in [9.17, 15) is 0 Å². The van der Waals surface area contributed by atoms with E-state index in [1.54, 1.807) is 18.0 Å². The molecule has 2 aromatic rings. The fourth-order valence-electron chi connectivity index (χ4n) is 1.48. The number of nitrogens with two attached hydrogens (primary N) is 1. The van der Waals surface area contributed by atoms with Gasteiger partial charge in [0.1, 0.15) is 0 Å². The first kappa shape index (κ1) is 12.4. The molecule has 0 saturated heterocycles. The highest BCUT2D eigenvalue weighted by Gasteiger charge is 2.02. The van der Waals surface area contributed by atoms with Crippen molar-refractivity contribution in [3.63, 3.8) is 0 Å². The lowest BCUT2D eigenvalue weighted by atomic mass is 10.2. The van der Waals surface area contributed by atoms with Crippen molar-refractivity contribution in [2.45, 2.75) is 17.2 Å². The minimum Gasteiger partial charge on any atom is -0.325 e. The SMILES string of the molecule is NCc1ncccc1CSc1ccc(Cl)cc1. The van der Waals surface area contributed by atoms with Crippen molar-refractivity contribution in [3.8, 4) is 0 Å². The summed E-state index contributed by atoms with van der Waals surface area (Å²) in [5.74, 6) is 0.877. The topological polar surface area (TPSA) is 38.9 Å². The number of rotatable bonds is 4. The smallest absolute Gasteiger partial charge is 0.0579 e. The maximum atomic E-state index is 5.84. The maximum Gasteiger partial charge on any atom is 0.0579 e. The van der Waals surface area contributed by atoms with Crippen LogP contribution in [0.25, 0.3) is 0 Å². The Morgan fingerprint density at radius 2 is 1.94 bits per heavy atom. The fourth-order valence-corrected chi connectivity index (χ4v) is 2.52. The normalized spacial score (nSPS) is 10.5. The third kappa shape index (κ3) is 3.46. The summed E-state index contributed by atoms with van der Waals surface area (Å²) >= 11 is 7.60.